The number of carbonyl (C=O) groups excluding carboxylic acids is 4. The van der Waals surface area contributed by atoms with E-state index in [1.807, 2.05) is 0 Å². The maximum absolute atomic E-state index is 13.9. The molecule has 0 aliphatic heterocycles. The van der Waals surface area contributed by atoms with E-state index in [9.17, 15) is 19.2 Å². The van der Waals surface area contributed by atoms with Crippen LogP contribution >= 0.6 is 0 Å². The first kappa shape index (κ1) is 77.5. The molecule has 0 saturated carbocycles. The first-order chi connectivity index (χ1) is 44.6. The van der Waals surface area contributed by atoms with Gasteiger partial charge in [-0.15, -0.1) is 0 Å². The van der Waals surface area contributed by atoms with Gasteiger partial charge in [-0.2, -0.15) is 0 Å². The van der Waals surface area contributed by atoms with Crippen LogP contribution in [-0.2, 0) is 45.4 Å². The first-order valence-electron chi connectivity index (χ1n) is 38.2. The third-order valence-electron chi connectivity index (χ3n) is 20.2. The van der Waals surface area contributed by atoms with Gasteiger partial charge in [-0.3, -0.25) is 19.2 Å². The summed E-state index contributed by atoms with van der Waals surface area (Å²) in [4.78, 5) is 64.0. The fourth-order valence-corrected chi connectivity index (χ4v) is 14.6. The maximum Gasteiger partial charge on any atom is 0.219 e. The zero-order valence-electron chi connectivity index (χ0n) is 60.9. The van der Waals surface area contributed by atoms with E-state index in [0.717, 1.165) is 206 Å². The summed E-state index contributed by atoms with van der Waals surface area (Å²) < 4.78 is 0. The van der Waals surface area contributed by atoms with Crippen molar-refractivity contribution in [3.8, 4) is 0 Å². The molecule has 512 valence electrons. The molecule has 0 N–H and O–H groups in total. The van der Waals surface area contributed by atoms with Gasteiger partial charge in [0.1, 0.15) is 0 Å². The van der Waals surface area contributed by atoms with E-state index in [2.05, 4.69) is 148 Å². The van der Waals surface area contributed by atoms with E-state index < -0.39 is 0 Å². The molecule has 4 aromatic rings. The highest BCUT2D eigenvalue weighted by atomic mass is 16.2. The van der Waals surface area contributed by atoms with Crippen LogP contribution in [-0.4, -0.2) is 69.4 Å². The summed E-state index contributed by atoms with van der Waals surface area (Å²) in [5, 5.41) is 0. The molecule has 0 unspecified atom stereocenters. The molecule has 8 heteroatoms. The Morgan fingerprint density at radius 2 is 0.402 bits per heavy atom. The molecule has 1 aliphatic rings. The number of fused-ring (bicyclic) bond motifs is 8. The number of carbonyl (C=O) groups is 4. The van der Waals surface area contributed by atoms with Crippen LogP contribution in [0.25, 0.3) is 0 Å². The Morgan fingerprint density at radius 3 is 0.554 bits per heavy atom. The van der Waals surface area contributed by atoms with Gasteiger partial charge in [0.25, 0.3) is 0 Å². The minimum Gasteiger partial charge on any atom is -0.339 e. The van der Waals surface area contributed by atoms with Gasteiger partial charge in [0.05, 0.1) is 0 Å². The highest BCUT2D eigenvalue weighted by Crippen LogP contribution is 2.44. The molecule has 8 nitrogen and oxygen atoms in total. The highest BCUT2D eigenvalue weighted by Gasteiger charge is 2.29. The minimum absolute atomic E-state index is 0.0607. The van der Waals surface area contributed by atoms with Gasteiger partial charge in [0, 0.05) is 104 Å². The van der Waals surface area contributed by atoms with Crippen LogP contribution in [0.4, 0.5) is 0 Å². The summed E-state index contributed by atoms with van der Waals surface area (Å²) in [7, 11) is 0. The standard InChI is InChI=1S/C84H132N4O4/c1-13-21-29-37-45-85(65(9)89)61-69-49-73-57-74(50-69)82(42-34-26-18-6)76-52-71(63-87(67(11)91)47-39-31-23-15-3)54-78(59-76)84(44-36-28-20-8)80-56-72(64-88(68(12)92)48-40-32-24-16-4)55-79(60-80)83(43-35-27-19-7)77-53-70(51-75(58-77)81(73)41-33-25-17-5)62-86(66(10)90)46-38-30-22-14-2/h49-60,81-84H,13-48,61-64H2,1-12H3. The molecule has 5 rings (SSSR count). The summed E-state index contributed by atoms with van der Waals surface area (Å²) >= 11 is 0. The van der Waals surface area contributed by atoms with Crippen molar-refractivity contribution < 1.29 is 19.2 Å². The molecule has 0 saturated heterocycles. The van der Waals surface area contributed by atoms with Crippen molar-refractivity contribution in [3.05, 3.63) is 140 Å². The van der Waals surface area contributed by atoms with E-state index in [-0.39, 0.29) is 47.3 Å². The largest absolute Gasteiger partial charge is 0.339 e. The van der Waals surface area contributed by atoms with Crippen molar-refractivity contribution in [3.63, 3.8) is 0 Å². The van der Waals surface area contributed by atoms with Gasteiger partial charge in [0.15, 0.2) is 0 Å². The van der Waals surface area contributed by atoms with Crippen LogP contribution in [0.1, 0.15) is 379 Å². The third kappa shape index (κ3) is 26.2. The van der Waals surface area contributed by atoms with Crippen molar-refractivity contribution in [2.24, 2.45) is 0 Å². The third-order valence-corrected chi connectivity index (χ3v) is 20.2. The van der Waals surface area contributed by atoms with Crippen LogP contribution in [0.15, 0.2) is 72.8 Å². The number of unbranched alkanes of at least 4 members (excludes halogenated alkanes) is 20. The zero-order valence-corrected chi connectivity index (χ0v) is 60.9. The molecule has 92 heavy (non-hydrogen) atoms. The van der Waals surface area contributed by atoms with Crippen LogP contribution in [0.3, 0.4) is 0 Å². The van der Waals surface area contributed by atoms with Gasteiger partial charge in [-0.25, -0.2) is 0 Å². The van der Waals surface area contributed by atoms with E-state index in [1.54, 1.807) is 27.7 Å². The summed E-state index contributed by atoms with van der Waals surface area (Å²) in [6.07, 6.45) is 35.0. The van der Waals surface area contributed by atoms with Gasteiger partial charge >= 0.3 is 0 Å². The molecule has 8 bridgehead atoms. The number of nitrogens with zero attached hydrogens (tertiary/aromatic N) is 4. The quantitative estimate of drug-likeness (QED) is 0.0413. The second kappa shape index (κ2) is 43.7. The fraction of sp³-hybridized carbons (Fsp3) is 0.667. The van der Waals surface area contributed by atoms with Crippen molar-refractivity contribution in [2.45, 2.75) is 338 Å². The van der Waals surface area contributed by atoms with E-state index in [4.69, 9.17) is 0 Å². The predicted octanol–water partition coefficient (Wildman–Crippen LogP) is 22.6. The van der Waals surface area contributed by atoms with Crippen molar-refractivity contribution in [2.75, 3.05) is 26.2 Å². The monoisotopic (exact) mass is 1260 g/mol. The van der Waals surface area contributed by atoms with Gasteiger partial charge < -0.3 is 19.6 Å². The van der Waals surface area contributed by atoms with Crippen LogP contribution in [0.5, 0.6) is 0 Å². The van der Waals surface area contributed by atoms with E-state index in [1.165, 1.54) is 92.4 Å². The number of hydrogen-bond acceptors (Lipinski definition) is 4. The highest BCUT2D eigenvalue weighted by molar-refractivity contribution is 5.74. The lowest BCUT2D eigenvalue weighted by Crippen LogP contribution is -2.29. The number of hydrogen-bond donors (Lipinski definition) is 0. The Bertz CT molecular complexity index is 2320. The Balaban J connectivity index is 2.04. The predicted molar refractivity (Wildman–Crippen MR) is 391 cm³/mol. The number of amides is 4. The molecule has 4 aromatic carbocycles. The normalized spacial score (nSPS) is 15.3. The molecule has 0 atom stereocenters. The van der Waals surface area contributed by atoms with E-state index >= 15 is 0 Å². The Hall–Kier alpha value is -5.24. The smallest absolute Gasteiger partial charge is 0.219 e. The van der Waals surface area contributed by atoms with Gasteiger partial charge in [-0.05, 0) is 118 Å². The Kier molecular flexibility index (Phi) is 36.8. The van der Waals surface area contributed by atoms with E-state index in [0.29, 0.717) is 26.2 Å². The second-order valence-electron chi connectivity index (χ2n) is 28.2. The topological polar surface area (TPSA) is 81.2 Å². The molecular formula is C84H132N4O4. The number of rotatable bonds is 44. The van der Waals surface area contributed by atoms with Crippen molar-refractivity contribution >= 4 is 23.6 Å². The first-order valence-corrected chi connectivity index (χ1v) is 38.2. The molecule has 0 spiro atoms. The molecule has 0 aromatic heterocycles. The average Bonchev–Trinajstić information content (AvgIpc) is 0.779. The minimum atomic E-state index is 0.0607. The molecule has 0 fully saturated rings. The molecule has 0 radical (unpaired) electrons. The SMILES string of the molecule is CCCCCCN(Cc1cc2cc(c1)C(CCCCC)c1cc(CN(CCCCCC)C(C)=O)cc(c1)C(CCCCC)c1cc(CN(CCCCCC)C(C)=O)cc(c1)C(CCCCC)c1cc(CN(CCCCCC)C(C)=O)cc(c1)C2CCCCC)C(C)=O. The van der Waals surface area contributed by atoms with Crippen LogP contribution < -0.4 is 0 Å². The molecule has 1 aliphatic carbocycles. The van der Waals surface area contributed by atoms with Gasteiger partial charge in [-0.1, -0.05) is 282 Å². The lowest BCUT2D eigenvalue weighted by atomic mass is 9.76. The molecule has 0 heterocycles. The number of benzene rings is 4. The lowest BCUT2D eigenvalue weighted by molar-refractivity contribution is -0.130. The summed E-state index contributed by atoms with van der Waals surface area (Å²) in [6.45, 7) is 30.6. The Morgan fingerprint density at radius 1 is 0.239 bits per heavy atom. The van der Waals surface area contributed by atoms with Crippen molar-refractivity contribution in [1.82, 2.24) is 19.6 Å². The average molecular weight is 1260 g/mol. The van der Waals surface area contributed by atoms with Gasteiger partial charge in [0.2, 0.25) is 23.6 Å². The summed E-state index contributed by atoms with van der Waals surface area (Å²) in [5.74, 6) is 0.749. The van der Waals surface area contributed by atoms with Crippen LogP contribution in [0.2, 0.25) is 0 Å². The fourth-order valence-electron chi connectivity index (χ4n) is 14.6. The van der Waals surface area contributed by atoms with Crippen LogP contribution in [0, 0.1) is 0 Å². The molecular weight excluding hydrogens is 1130 g/mol. The zero-order chi connectivity index (χ0) is 66.6. The maximum atomic E-state index is 13.9. The molecule has 4 amide bonds. The lowest BCUT2D eigenvalue weighted by Gasteiger charge is -2.30. The Labute approximate surface area is 563 Å². The summed E-state index contributed by atoms with van der Waals surface area (Å²) in [6, 6.07) is 30.3. The summed E-state index contributed by atoms with van der Waals surface area (Å²) in [5.41, 5.74) is 15.4. The van der Waals surface area contributed by atoms with Crippen molar-refractivity contribution in [1.29, 1.82) is 0 Å². The second-order valence-corrected chi connectivity index (χ2v) is 28.2.